The number of aryl methyl sites for hydroxylation is 1. The molecular weight excluding hydrogens is 234 g/mol. The SMILES string of the molecule is Cc1nc2ccc(F)c(F)c2c(Cl)c1C#N. The van der Waals surface area contributed by atoms with Crippen LogP contribution in [0.15, 0.2) is 12.1 Å². The minimum atomic E-state index is -1.08. The molecular formula is C11H5ClF2N2. The smallest absolute Gasteiger partial charge is 0.169 e. The van der Waals surface area contributed by atoms with Crippen molar-refractivity contribution in [3.8, 4) is 6.07 Å². The Morgan fingerprint density at radius 1 is 1.38 bits per heavy atom. The van der Waals surface area contributed by atoms with Crippen molar-refractivity contribution in [3.63, 3.8) is 0 Å². The Morgan fingerprint density at radius 3 is 2.69 bits per heavy atom. The lowest BCUT2D eigenvalue weighted by Crippen LogP contribution is -1.95. The predicted octanol–water partition coefficient (Wildman–Crippen LogP) is 3.35. The van der Waals surface area contributed by atoms with Crippen molar-refractivity contribution in [2.24, 2.45) is 0 Å². The highest BCUT2D eigenvalue weighted by molar-refractivity contribution is 6.36. The van der Waals surface area contributed by atoms with Crippen molar-refractivity contribution in [1.82, 2.24) is 4.98 Å². The zero-order chi connectivity index (χ0) is 11.9. The Morgan fingerprint density at radius 2 is 2.06 bits per heavy atom. The summed E-state index contributed by atoms with van der Waals surface area (Å²) in [6.07, 6.45) is 0. The summed E-state index contributed by atoms with van der Waals surface area (Å²) in [5.74, 6) is -2.09. The number of fused-ring (bicyclic) bond motifs is 1. The summed E-state index contributed by atoms with van der Waals surface area (Å²) in [6, 6.07) is 4.12. The van der Waals surface area contributed by atoms with Gasteiger partial charge >= 0.3 is 0 Å². The van der Waals surface area contributed by atoms with E-state index in [1.165, 1.54) is 6.07 Å². The maximum Gasteiger partial charge on any atom is 0.169 e. The summed E-state index contributed by atoms with van der Waals surface area (Å²) in [4.78, 5) is 4.00. The number of benzene rings is 1. The molecule has 0 aliphatic rings. The van der Waals surface area contributed by atoms with Crippen LogP contribution in [0.5, 0.6) is 0 Å². The van der Waals surface area contributed by atoms with Crippen molar-refractivity contribution in [2.75, 3.05) is 0 Å². The third-order valence-electron chi connectivity index (χ3n) is 2.27. The zero-order valence-electron chi connectivity index (χ0n) is 8.18. The van der Waals surface area contributed by atoms with Crippen molar-refractivity contribution >= 4 is 22.5 Å². The fraction of sp³-hybridized carbons (Fsp3) is 0.0909. The summed E-state index contributed by atoms with van der Waals surface area (Å²) >= 11 is 5.86. The number of halogens is 3. The Hall–Kier alpha value is -1.73. The maximum atomic E-state index is 13.5. The monoisotopic (exact) mass is 238 g/mol. The van der Waals surface area contributed by atoms with E-state index >= 15 is 0 Å². The summed E-state index contributed by atoms with van der Waals surface area (Å²) in [5.41, 5.74) is 0.699. The largest absolute Gasteiger partial charge is 0.252 e. The van der Waals surface area contributed by atoms with Crippen molar-refractivity contribution in [2.45, 2.75) is 6.92 Å². The first-order valence-electron chi connectivity index (χ1n) is 4.40. The van der Waals surface area contributed by atoms with Crippen molar-refractivity contribution in [1.29, 1.82) is 5.26 Å². The lowest BCUT2D eigenvalue weighted by molar-refractivity contribution is 0.517. The molecule has 16 heavy (non-hydrogen) atoms. The Labute approximate surface area is 95.1 Å². The number of rotatable bonds is 0. The molecule has 1 aromatic heterocycles. The minimum absolute atomic E-state index is 0.0682. The van der Waals surface area contributed by atoms with Gasteiger partial charge in [0.1, 0.15) is 6.07 Å². The first kappa shape index (κ1) is 10.8. The number of nitriles is 1. The van der Waals surface area contributed by atoms with Gasteiger partial charge in [0.05, 0.1) is 27.2 Å². The molecule has 0 saturated heterocycles. The van der Waals surface area contributed by atoms with Crippen LogP contribution in [-0.4, -0.2) is 4.98 Å². The van der Waals surface area contributed by atoms with Gasteiger partial charge in [0.25, 0.3) is 0 Å². The minimum Gasteiger partial charge on any atom is -0.252 e. The molecule has 0 bridgehead atoms. The molecule has 0 fully saturated rings. The Kier molecular flexibility index (Phi) is 2.49. The van der Waals surface area contributed by atoms with E-state index in [0.717, 1.165) is 6.07 Å². The molecule has 0 N–H and O–H groups in total. The molecule has 2 rings (SSSR count). The van der Waals surface area contributed by atoms with E-state index in [-0.39, 0.29) is 21.5 Å². The van der Waals surface area contributed by atoms with E-state index in [1.807, 2.05) is 6.07 Å². The van der Waals surface area contributed by atoms with E-state index in [2.05, 4.69) is 4.98 Å². The van der Waals surface area contributed by atoms with E-state index in [1.54, 1.807) is 6.92 Å². The zero-order valence-corrected chi connectivity index (χ0v) is 8.94. The molecule has 2 aromatic rings. The lowest BCUT2D eigenvalue weighted by Gasteiger charge is -2.06. The van der Waals surface area contributed by atoms with Crippen molar-refractivity contribution < 1.29 is 8.78 Å². The number of hydrogen-bond donors (Lipinski definition) is 0. The molecule has 0 atom stereocenters. The fourth-order valence-corrected chi connectivity index (χ4v) is 1.85. The second-order valence-electron chi connectivity index (χ2n) is 3.25. The number of aromatic nitrogens is 1. The third-order valence-corrected chi connectivity index (χ3v) is 2.65. The highest BCUT2D eigenvalue weighted by Crippen LogP contribution is 2.30. The Balaban J connectivity index is 3.02. The van der Waals surface area contributed by atoms with Gasteiger partial charge in [0, 0.05) is 0 Å². The second-order valence-corrected chi connectivity index (χ2v) is 3.63. The van der Waals surface area contributed by atoms with E-state index < -0.39 is 11.6 Å². The third kappa shape index (κ3) is 1.41. The van der Waals surface area contributed by atoms with Gasteiger partial charge in [0.15, 0.2) is 11.6 Å². The van der Waals surface area contributed by atoms with Gasteiger partial charge in [-0.05, 0) is 19.1 Å². The van der Waals surface area contributed by atoms with Gasteiger partial charge in [0.2, 0.25) is 0 Å². The molecule has 5 heteroatoms. The molecule has 0 spiro atoms. The summed E-state index contributed by atoms with van der Waals surface area (Å²) in [5, 5.41) is 8.58. The van der Waals surface area contributed by atoms with Gasteiger partial charge in [-0.3, -0.25) is 4.98 Å². The number of hydrogen-bond acceptors (Lipinski definition) is 2. The molecule has 1 heterocycles. The molecule has 0 unspecified atom stereocenters. The first-order valence-corrected chi connectivity index (χ1v) is 4.78. The van der Waals surface area contributed by atoms with Crippen LogP contribution in [0.2, 0.25) is 5.02 Å². The van der Waals surface area contributed by atoms with Crippen LogP contribution in [-0.2, 0) is 0 Å². The van der Waals surface area contributed by atoms with Crippen LogP contribution in [0, 0.1) is 29.9 Å². The van der Waals surface area contributed by atoms with E-state index in [4.69, 9.17) is 16.9 Å². The first-order chi connectivity index (χ1) is 7.56. The molecule has 0 saturated carbocycles. The van der Waals surface area contributed by atoms with Gasteiger partial charge in [-0.25, -0.2) is 8.78 Å². The van der Waals surface area contributed by atoms with Crippen LogP contribution >= 0.6 is 11.6 Å². The predicted molar refractivity (Wildman–Crippen MR) is 56.1 cm³/mol. The topological polar surface area (TPSA) is 36.7 Å². The summed E-state index contributed by atoms with van der Waals surface area (Å²) in [6.45, 7) is 1.59. The Bertz CT molecular complexity index is 632. The average Bonchev–Trinajstić information content (AvgIpc) is 2.24. The van der Waals surface area contributed by atoms with E-state index in [9.17, 15) is 8.78 Å². The van der Waals surface area contributed by atoms with Crippen LogP contribution in [0.1, 0.15) is 11.3 Å². The van der Waals surface area contributed by atoms with Gasteiger partial charge < -0.3 is 0 Å². The number of pyridine rings is 1. The molecule has 1 aromatic carbocycles. The van der Waals surface area contributed by atoms with Gasteiger partial charge in [-0.2, -0.15) is 5.26 Å². The molecule has 80 valence electrons. The van der Waals surface area contributed by atoms with Crippen LogP contribution in [0.4, 0.5) is 8.78 Å². The summed E-state index contributed by atoms with van der Waals surface area (Å²) in [7, 11) is 0. The number of nitrogens with zero attached hydrogens (tertiary/aromatic N) is 2. The van der Waals surface area contributed by atoms with Crippen molar-refractivity contribution in [3.05, 3.63) is 40.0 Å². The molecule has 0 amide bonds. The van der Waals surface area contributed by atoms with Crippen LogP contribution in [0.3, 0.4) is 0 Å². The molecule has 0 aliphatic carbocycles. The maximum absolute atomic E-state index is 13.5. The van der Waals surface area contributed by atoms with Gasteiger partial charge in [-0.15, -0.1) is 0 Å². The summed E-state index contributed by atoms with van der Waals surface area (Å²) < 4.78 is 26.5. The highest BCUT2D eigenvalue weighted by atomic mass is 35.5. The lowest BCUT2D eigenvalue weighted by atomic mass is 10.1. The second kappa shape index (κ2) is 3.69. The van der Waals surface area contributed by atoms with Gasteiger partial charge in [-0.1, -0.05) is 11.6 Å². The van der Waals surface area contributed by atoms with Crippen LogP contribution < -0.4 is 0 Å². The van der Waals surface area contributed by atoms with Crippen LogP contribution in [0.25, 0.3) is 10.9 Å². The van der Waals surface area contributed by atoms with E-state index in [0.29, 0.717) is 5.69 Å². The molecule has 2 nitrogen and oxygen atoms in total. The average molecular weight is 239 g/mol. The molecule has 0 aliphatic heterocycles. The normalized spacial score (nSPS) is 10.4. The standard InChI is InChI=1S/C11H5ClF2N2/c1-5-6(4-15)10(12)9-8(16-5)3-2-7(13)11(9)14/h2-3H,1H3. The highest BCUT2D eigenvalue weighted by Gasteiger charge is 2.16. The molecule has 0 radical (unpaired) electrons. The fourth-order valence-electron chi connectivity index (χ4n) is 1.49. The quantitative estimate of drug-likeness (QED) is 0.706.